The zero-order valence-electron chi connectivity index (χ0n) is 17.3. The van der Waals surface area contributed by atoms with Crippen molar-refractivity contribution < 1.29 is 14.1 Å². The quantitative estimate of drug-likeness (QED) is 0.255. The van der Waals surface area contributed by atoms with E-state index in [2.05, 4.69) is 25.4 Å². The maximum atomic E-state index is 13.3. The highest BCUT2D eigenvalue weighted by Gasteiger charge is 2.23. The van der Waals surface area contributed by atoms with Crippen LogP contribution in [0.25, 0.3) is 22.4 Å². The van der Waals surface area contributed by atoms with Gasteiger partial charge in [0.25, 0.3) is 5.91 Å². The van der Waals surface area contributed by atoms with Crippen LogP contribution in [-0.2, 0) is 0 Å². The van der Waals surface area contributed by atoms with Crippen molar-refractivity contribution in [2.45, 2.75) is 38.1 Å². The molecule has 0 unspecified atom stereocenters. The zero-order valence-corrected chi connectivity index (χ0v) is 18.1. The Balaban J connectivity index is 1.58. The van der Waals surface area contributed by atoms with Crippen LogP contribution < -0.4 is 5.32 Å². The molecule has 0 saturated heterocycles. The van der Waals surface area contributed by atoms with Gasteiger partial charge in [0.15, 0.2) is 11.5 Å². The SMILES string of the molecule is O=C(Nc1nc(-c2ccc(F)nc2)nc2c1cnn2C1CCCCC1)c1ccc([N+](=O)[O-])s1. The van der Waals surface area contributed by atoms with Crippen molar-refractivity contribution in [3.05, 3.63) is 57.6 Å². The fourth-order valence-electron chi connectivity index (χ4n) is 3.97. The number of amides is 1. The van der Waals surface area contributed by atoms with Gasteiger partial charge in [0, 0.05) is 17.8 Å². The summed E-state index contributed by atoms with van der Waals surface area (Å²) in [6.07, 6.45) is 8.29. The molecule has 0 bridgehead atoms. The van der Waals surface area contributed by atoms with E-state index in [9.17, 15) is 19.3 Å². The first kappa shape index (κ1) is 21.1. The topological polar surface area (TPSA) is 129 Å². The van der Waals surface area contributed by atoms with Gasteiger partial charge in [-0.1, -0.05) is 30.6 Å². The third-order valence-electron chi connectivity index (χ3n) is 5.59. The van der Waals surface area contributed by atoms with Gasteiger partial charge in [-0.25, -0.2) is 19.6 Å². The molecule has 4 aromatic rings. The molecular weight excluding hydrogens is 449 g/mol. The summed E-state index contributed by atoms with van der Waals surface area (Å²) in [5.41, 5.74) is 1.04. The number of halogens is 1. The van der Waals surface area contributed by atoms with E-state index in [0.29, 0.717) is 16.6 Å². The van der Waals surface area contributed by atoms with Crippen LogP contribution in [0.1, 0.15) is 47.8 Å². The Morgan fingerprint density at radius 1 is 1.15 bits per heavy atom. The Bertz CT molecular complexity index is 1350. The normalized spacial score (nSPS) is 14.5. The van der Waals surface area contributed by atoms with Gasteiger partial charge in [0.05, 0.1) is 27.4 Å². The smallest absolute Gasteiger partial charge is 0.305 e. The molecular formula is C21H18FN7O3S. The minimum absolute atomic E-state index is 0.129. The second kappa shape index (κ2) is 8.62. The van der Waals surface area contributed by atoms with Crippen molar-refractivity contribution in [3.8, 4) is 11.4 Å². The molecule has 4 aromatic heterocycles. The number of rotatable bonds is 5. The lowest BCUT2D eigenvalue weighted by Crippen LogP contribution is -2.16. The highest BCUT2D eigenvalue weighted by Crippen LogP contribution is 2.33. The van der Waals surface area contributed by atoms with Crippen LogP contribution in [0.5, 0.6) is 0 Å². The summed E-state index contributed by atoms with van der Waals surface area (Å²) in [4.78, 5) is 36.2. The average molecular weight is 467 g/mol. The first-order valence-corrected chi connectivity index (χ1v) is 11.2. The Morgan fingerprint density at radius 3 is 2.67 bits per heavy atom. The Hall–Kier alpha value is -3.80. The van der Waals surface area contributed by atoms with Crippen LogP contribution in [0.4, 0.5) is 15.2 Å². The number of fused-ring (bicyclic) bond motifs is 1. The molecule has 1 saturated carbocycles. The van der Waals surface area contributed by atoms with Crippen LogP contribution in [0.2, 0.25) is 0 Å². The summed E-state index contributed by atoms with van der Waals surface area (Å²) in [5.74, 6) is -0.663. The molecule has 0 atom stereocenters. The second-order valence-corrected chi connectivity index (χ2v) is 8.80. The number of nitrogens with zero attached hydrogens (tertiary/aromatic N) is 6. The number of nitro groups is 1. The number of hydrogen-bond donors (Lipinski definition) is 1. The molecule has 4 heterocycles. The van der Waals surface area contributed by atoms with Gasteiger partial charge >= 0.3 is 5.00 Å². The number of thiophene rings is 1. The van der Waals surface area contributed by atoms with Gasteiger partial charge in [0.1, 0.15) is 5.82 Å². The number of carbonyl (C=O) groups is 1. The third kappa shape index (κ3) is 4.16. The first-order chi connectivity index (χ1) is 16.0. The number of pyridine rings is 1. The molecule has 1 fully saturated rings. The molecule has 5 rings (SSSR count). The molecule has 168 valence electrons. The lowest BCUT2D eigenvalue weighted by atomic mass is 9.96. The van der Waals surface area contributed by atoms with E-state index in [0.717, 1.165) is 37.0 Å². The molecule has 0 aliphatic heterocycles. The molecule has 0 aromatic carbocycles. The van der Waals surface area contributed by atoms with Gasteiger partial charge in [-0.15, -0.1) is 0 Å². The summed E-state index contributed by atoms with van der Waals surface area (Å²) in [7, 11) is 0. The number of anilines is 1. The third-order valence-corrected chi connectivity index (χ3v) is 6.62. The van der Waals surface area contributed by atoms with Crippen molar-refractivity contribution in [2.24, 2.45) is 0 Å². The fraction of sp³-hybridized carbons (Fsp3) is 0.286. The van der Waals surface area contributed by atoms with Gasteiger partial charge in [-0.2, -0.15) is 9.49 Å². The number of aromatic nitrogens is 5. The van der Waals surface area contributed by atoms with Crippen LogP contribution >= 0.6 is 11.3 Å². The first-order valence-electron chi connectivity index (χ1n) is 10.4. The maximum absolute atomic E-state index is 13.3. The molecule has 1 aliphatic carbocycles. The molecule has 33 heavy (non-hydrogen) atoms. The summed E-state index contributed by atoms with van der Waals surface area (Å²) in [6, 6.07) is 5.59. The summed E-state index contributed by atoms with van der Waals surface area (Å²) >= 11 is 0.777. The van der Waals surface area contributed by atoms with Crippen LogP contribution in [0.3, 0.4) is 0 Å². The fourth-order valence-corrected chi connectivity index (χ4v) is 4.68. The summed E-state index contributed by atoms with van der Waals surface area (Å²) in [6.45, 7) is 0. The number of nitrogens with one attached hydrogen (secondary N) is 1. The van der Waals surface area contributed by atoms with Gasteiger partial charge in [-0.3, -0.25) is 14.9 Å². The lowest BCUT2D eigenvalue weighted by molar-refractivity contribution is -0.380. The Labute approximate surface area is 190 Å². The molecule has 0 radical (unpaired) electrons. The predicted molar refractivity (Wildman–Crippen MR) is 120 cm³/mol. The van der Waals surface area contributed by atoms with Crippen LogP contribution in [0.15, 0.2) is 36.7 Å². The lowest BCUT2D eigenvalue weighted by Gasteiger charge is -2.22. The highest BCUT2D eigenvalue weighted by atomic mass is 32.1. The molecule has 1 N–H and O–H groups in total. The Morgan fingerprint density at radius 2 is 1.97 bits per heavy atom. The van der Waals surface area contributed by atoms with E-state index in [-0.39, 0.29) is 27.6 Å². The number of hydrogen-bond acceptors (Lipinski definition) is 8. The molecule has 1 aliphatic rings. The van der Waals surface area contributed by atoms with E-state index >= 15 is 0 Å². The molecule has 12 heteroatoms. The minimum atomic E-state index is -0.625. The molecule has 0 spiro atoms. The van der Waals surface area contributed by atoms with E-state index in [1.807, 2.05) is 4.68 Å². The molecule has 10 nitrogen and oxygen atoms in total. The monoisotopic (exact) mass is 467 g/mol. The van der Waals surface area contributed by atoms with E-state index in [1.165, 1.54) is 36.9 Å². The summed E-state index contributed by atoms with van der Waals surface area (Å²) in [5, 5.41) is 18.7. The van der Waals surface area contributed by atoms with Crippen molar-refractivity contribution in [2.75, 3.05) is 5.32 Å². The van der Waals surface area contributed by atoms with Crippen LogP contribution in [0, 0.1) is 16.1 Å². The predicted octanol–water partition coefficient (Wildman–Crippen LogP) is 4.75. The number of carbonyl (C=O) groups excluding carboxylic acids is 1. The standard InChI is InChI=1S/C21H18FN7O3S/c22-16-8-6-12(10-23-16)18-25-19(27-21(30)15-7-9-17(33-15)29(31)32)14-11-24-28(20(14)26-18)13-4-2-1-3-5-13/h6-11,13H,1-5H2,(H,25,26,27,30). The van der Waals surface area contributed by atoms with E-state index < -0.39 is 16.8 Å². The highest BCUT2D eigenvalue weighted by molar-refractivity contribution is 7.17. The van der Waals surface area contributed by atoms with Crippen molar-refractivity contribution >= 4 is 39.1 Å². The van der Waals surface area contributed by atoms with E-state index in [1.54, 1.807) is 6.20 Å². The summed E-state index contributed by atoms with van der Waals surface area (Å²) < 4.78 is 15.2. The largest absolute Gasteiger partial charge is 0.324 e. The van der Waals surface area contributed by atoms with Crippen molar-refractivity contribution in [1.29, 1.82) is 0 Å². The van der Waals surface area contributed by atoms with Gasteiger partial charge in [-0.05, 0) is 31.0 Å². The maximum Gasteiger partial charge on any atom is 0.324 e. The van der Waals surface area contributed by atoms with Crippen LogP contribution in [-0.4, -0.2) is 35.6 Å². The average Bonchev–Trinajstić information content (AvgIpc) is 3.48. The zero-order chi connectivity index (χ0) is 22.9. The Kier molecular flexibility index (Phi) is 5.50. The van der Waals surface area contributed by atoms with Crippen molar-refractivity contribution in [1.82, 2.24) is 24.7 Å². The van der Waals surface area contributed by atoms with Gasteiger partial charge in [0.2, 0.25) is 5.95 Å². The second-order valence-electron chi connectivity index (χ2n) is 7.73. The minimum Gasteiger partial charge on any atom is -0.305 e. The van der Waals surface area contributed by atoms with E-state index in [4.69, 9.17) is 0 Å². The van der Waals surface area contributed by atoms with Crippen molar-refractivity contribution in [3.63, 3.8) is 0 Å². The molecule has 1 amide bonds. The van der Waals surface area contributed by atoms with Gasteiger partial charge < -0.3 is 5.32 Å².